The molecule has 3 heteroatoms. The van der Waals surface area contributed by atoms with Crippen molar-refractivity contribution in [1.82, 2.24) is 0 Å². The summed E-state index contributed by atoms with van der Waals surface area (Å²) in [5.74, 6) is 0. The Morgan fingerprint density at radius 2 is 1.76 bits per heavy atom. The second-order valence-electron chi connectivity index (χ2n) is 4.20. The van der Waals surface area contributed by atoms with Crippen LogP contribution in [0.3, 0.4) is 0 Å². The van der Waals surface area contributed by atoms with Gasteiger partial charge in [0.1, 0.15) is 7.05 Å². The van der Waals surface area contributed by atoms with Gasteiger partial charge < -0.3 is 4.90 Å². The molecule has 0 aliphatic rings. The van der Waals surface area contributed by atoms with Gasteiger partial charge in [-0.15, -0.1) is 11.3 Å². The van der Waals surface area contributed by atoms with Crippen LogP contribution in [0.25, 0.3) is 12.2 Å². The van der Waals surface area contributed by atoms with E-state index in [-0.39, 0.29) is 0 Å². The largest absolute Gasteiger partial charge is 0.370 e. The molecule has 0 saturated heterocycles. The fraction of sp³-hybridized carbons (Fsp3) is 0.214. The molecule has 0 saturated carbocycles. The van der Waals surface area contributed by atoms with E-state index in [1.165, 1.54) is 15.4 Å². The summed E-state index contributed by atoms with van der Waals surface area (Å²) in [4.78, 5) is 3.41. The number of hydrogen-bond donors (Lipinski definition) is 0. The predicted octanol–water partition coefficient (Wildman–Crippen LogP) is 2.81. The van der Waals surface area contributed by atoms with Gasteiger partial charge in [0.15, 0.2) is 12.4 Å². The third kappa shape index (κ3) is 3.17. The Hall–Kier alpha value is -1.61. The van der Waals surface area contributed by atoms with Gasteiger partial charge in [0, 0.05) is 31.1 Å². The lowest BCUT2D eigenvalue weighted by atomic mass is 10.2. The van der Waals surface area contributed by atoms with E-state index in [1.807, 2.05) is 11.6 Å². The Labute approximate surface area is 106 Å². The van der Waals surface area contributed by atoms with Gasteiger partial charge in [0.2, 0.25) is 0 Å². The Kier molecular flexibility index (Phi) is 3.59. The van der Waals surface area contributed by atoms with Crippen LogP contribution >= 0.6 is 11.3 Å². The fourth-order valence-electron chi connectivity index (χ4n) is 1.47. The van der Waals surface area contributed by atoms with Crippen LogP contribution in [0.5, 0.6) is 0 Å². The van der Waals surface area contributed by atoms with Gasteiger partial charge in [0.05, 0.1) is 5.00 Å². The first-order valence-corrected chi connectivity index (χ1v) is 6.37. The second-order valence-corrected chi connectivity index (χ2v) is 5.29. The zero-order valence-corrected chi connectivity index (χ0v) is 11.2. The molecule has 2 aromatic rings. The molecule has 17 heavy (non-hydrogen) atoms. The maximum absolute atomic E-state index is 2.16. The summed E-state index contributed by atoms with van der Waals surface area (Å²) in [6.07, 6.45) is 8.41. The van der Waals surface area contributed by atoms with Crippen molar-refractivity contribution in [2.75, 3.05) is 19.0 Å². The minimum absolute atomic E-state index is 1.22. The molecule has 0 unspecified atom stereocenters. The van der Waals surface area contributed by atoms with Gasteiger partial charge in [-0.25, -0.2) is 4.57 Å². The molecule has 0 bridgehead atoms. The molecule has 2 rings (SSSR count). The zero-order valence-electron chi connectivity index (χ0n) is 10.4. The van der Waals surface area contributed by atoms with E-state index in [2.05, 4.69) is 67.8 Å². The van der Waals surface area contributed by atoms with E-state index in [0.717, 1.165) is 0 Å². The summed E-state index contributed by atoms with van der Waals surface area (Å²) in [6.45, 7) is 0. The van der Waals surface area contributed by atoms with Gasteiger partial charge in [-0.05, 0) is 23.8 Å². The highest BCUT2D eigenvalue weighted by atomic mass is 32.1. The quantitative estimate of drug-likeness (QED) is 0.754. The molecule has 0 amide bonds. The first-order chi connectivity index (χ1) is 8.15. The third-order valence-corrected chi connectivity index (χ3v) is 3.72. The van der Waals surface area contributed by atoms with Crippen molar-refractivity contribution in [1.29, 1.82) is 0 Å². The summed E-state index contributed by atoms with van der Waals surface area (Å²) >= 11 is 1.80. The number of hydrogen-bond acceptors (Lipinski definition) is 2. The SMILES string of the molecule is CN(C)c1ccc(/C=C/c2cc[n+](C)cc2)s1. The monoisotopic (exact) mass is 245 g/mol. The van der Waals surface area contributed by atoms with Crippen LogP contribution in [0.4, 0.5) is 5.00 Å². The number of thiophene rings is 1. The van der Waals surface area contributed by atoms with E-state index in [1.54, 1.807) is 11.3 Å². The highest BCUT2D eigenvalue weighted by molar-refractivity contribution is 7.16. The minimum atomic E-state index is 1.22. The Morgan fingerprint density at radius 1 is 1.06 bits per heavy atom. The third-order valence-electron chi connectivity index (χ3n) is 2.50. The molecular weight excluding hydrogens is 228 g/mol. The van der Waals surface area contributed by atoms with Crippen LogP contribution in [0, 0.1) is 0 Å². The van der Waals surface area contributed by atoms with Gasteiger partial charge in [-0.3, -0.25) is 0 Å². The van der Waals surface area contributed by atoms with Crippen molar-refractivity contribution in [2.24, 2.45) is 7.05 Å². The van der Waals surface area contributed by atoms with E-state index >= 15 is 0 Å². The van der Waals surface area contributed by atoms with Crippen LogP contribution in [0.2, 0.25) is 0 Å². The number of aryl methyl sites for hydroxylation is 1. The molecule has 0 atom stereocenters. The first kappa shape index (κ1) is 11.9. The lowest BCUT2D eigenvalue weighted by Gasteiger charge is -2.06. The molecule has 0 aliphatic carbocycles. The Morgan fingerprint density at radius 3 is 2.35 bits per heavy atom. The van der Waals surface area contributed by atoms with Crippen molar-refractivity contribution in [3.8, 4) is 0 Å². The van der Waals surface area contributed by atoms with Crippen molar-refractivity contribution >= 4 is 28.5 Å². The standard InChI is InChI=1S/C14H17N2S/c1-15(2)14-7-6-13(17-14)5-4-12-8-10-16(3)11-9-12/h4-11H,1-3H3/q+1. The van der Waals surface area contributed by atoms with Crippen molar-refractivity contribution in [2.45, 2.75) is 0 Å². The number of anilines is 1. The average Bonchev–Trinajstić information content (AvgIpc) is 2.77. The highest BCUT2D eigenvalue weighted by Gasteiger charge is 1.98. The molecule has 2 nitrogen and oxygen atoms in total. The number of pyridine rings is 1. The van der Waals surface area contributed by atoms with Crippen LogP contribution in [0.1, 0.15) is 10.4 Å². The van der Waals surface area contributed by atoms with Crippen molar-refractivity contribution in [3.05, 3.63) is 47.1 Å². The topological polar surface area (TPSA) is 7.12 Å². The molecule has 0 radical (unpaired) electrons. The minimum Gasteiger partial charge on any atom is -0.370 e. The van der Waals surface area contributed by atoms with Crippen LogP contribution in [-0.2, 0) is 7.05 Å². The van der Waals surface area contributed by atoms with E-state index in [9.17, 15) is 0 Å². The van der Waals surface area contributed by atoms with Crippen molar-refractivity contribution in [3.63, 3.8) is 0 Å². The molecule has 2 aromatic heterocycles. The number of rotatable bonds is 3. The van der Waals surface area contributed by atoms with Gasteiger partial charge in [0.25, 0.3) is 0 Å². The molecular formula is C14H17N2S+. The molecule has 88 valence electrons. The lowest BCUT2D eigenvalue weighted by Crippen LogP contribution is -2.25. The normalized spacial score (nSPS) is 11.0. The van der Waals surface area contributed by atoms with Gasteiger partial charge in [-0.1, -0.05) is 6.08 Å². The highest BCUT2D eigenvalue weighted by Crippen LogP contribution is 2.25. The summed E-state index contributed by atoms with van der Waals surface area (Å²) in [7, 11) is 6.16. The first-order valence-electron chi connectivity index (χ1n) is 5.56. The van der Waals surface area contributed by atoms with E-state index in [0.29, 0.717) is 0 Å². The molecule has 0 fully saturated rings. The molecule has 0 spiro atoms. The number of aromatic nitrogens is 1. The smallest absolute Gasteiger partial charge is 0.169 e. The summed E-state index contributed by atoms with van der Waals surface area (Å²) in [5.41, 5.74) is 1.22. The molecule has 2 heterocycles. The van der Waals surface area contributed by atoms with Gasteiger partial charge in [-0.2, -0.15) is 0 Å². The average molecular weight is 245 g/mol. The summed E-state index contributed by atoms with van der Waals surface area (Å²) < 4.78 is 2.03. The summed E-state index contributed by atoms with van der Waals surface area (Å²) in [5, 5.41) is 1.28. The molecule has 0 N–H and O–H groups in total. The zero-order chi connectivity index (χ0) is 12.3. The molecule has 0 aliphatic heterocycles. The Balaban J connectivity index is 2.11. The number of nitrogens with zero attached hydrogens (tertiary/aromatic N) is 2. The van der Waals surface area contributed by atoms with Crippen LogP contribution in [0.15, 0.2) is 36.7 Å². The molecule has 0 aromatic carbocycles. The van der Waals surface area contributed by atoms with Gasteiger partial charge >= 0.3 is 0 Å². The fourth-order valence-corrected chi connectivity index (χ4v) is 2.31. The Bertz CT molecular complexity index is 509. The summed E-state index contributed by atoms with van der Waals surface area (Å²) in [6, 6.07) is 8.52. The van der Waals surface area contributed by atoms with Crippen LogP contribution < -0.4 is 9.47 Å². The maximum Gasteiger partial charge on any atom is 0.169 e. The lowest BCUT2D eigenvalue weighted by molar-refractivity contribution is -0.671. The second kappa shape index (κ2) is 5.15. The predicted molar refractivity (Wildman–Crippen MR) is 75.2 cm³/mol. The van der Waals surface area contributed by atoms with E-state index < -0.39 is 0 Å². The van der Waals surface area contributed by atoms with Crippen molar-refractivity contribution < 1.29 is 4.57 Å². The van der Waals surface area contributed by atoms with Crippen LogP contribution in [-0.4, -0.2) is 14.1 Å². The maximum atomic E-state index is 2.16. The van der Waals surface area contributed by atoms with E-state index in [4.69, 9.17) is 0 Å².